The molecule has 2 rings (SSSR count). The lowest BCUT2D eigenvalue weighted by atomic mass is 9.90. The minimum Gasteiger partial charge on any atom is -0.453 e. The highest BCUT2D eigenvalue weighted by molar-refractivity contribution is 7.80. The second-order valence-corrected chi connectivity index (χ2v) is 7.25. The normalized spacial score (nSPS) is 23.6. The average Bonchev–Trinajstić information content (AvgIpc) is 3.07. The smallest absolute Gasteiger partial charge is 0.310 e. The molecule has 1 aliphatic rings. The van der Waals surface area contributed by atoms with Crippen LogP contribution in [0.25, 0.3) is 0 Å². The fourth-order valence-corrected chi connectivity index (χ4v) is 3.64. The summed E-state index contributed by atoms with van der Waals surface area (Å²) in [6, 6.07) is 0. The summed E-state index contributed by atoms with van der Waals surface area (Å²) < 4.78 is 5.65. The summed E-state index contributed by atoms with van der Waals surface area (Å²) in [6.45, 7) is 5.38. The molecule has 2 heterocycles. The summed E-state index contributed by atoms with van der Waals surface area (Å²) in [6.07, 6.45) is 3.74. The molecule has 2 atom stereocenters. The van der Waals surface area contributed by atoms with Crippen LogP contribution in [0.15, 0.2) is 5.38 Å². The Morgan fingerprint density at radius 2 is 2.39 bits per heavy atom. The lowest BCUT2D eigenvalue weighted by molar-refractivity contribution is -0.150. The number of thiocarbonyl (C=S) groups is 1. The Bertz CT molecular complexity index is 563. The largest absolute Gasteiger partial charge is 0.453 e. The molecule has 0 saturated carbocycles. The van der Waals surface area contributed by atoms with Crippen LogP contribution >= 0.6 is 23.6 Å². The Labute approximate surface area is 146 Å². The summed E-state index contributed by atoms with van der Waals surface area (Å²) in [5.41, 5.74) is 5.58. The number of nitrogens with zero attached hydrogens (tertiary/aromatic N) is 1. The maximum absolute atomic E-state index is 12.1. The van der Waals surface area contributed by atoms with E-state index in [-0.39, 0.29) is 17.0 Å². The van der Waals surface area contributed by atoms with Crippen molar-refractivity contribution in [3.63, 3.8) is 0 Å². The quantitative estimate of drug-likeness (QED) is 0.374. The van der Waals surface area contributed by atoms with Crippen molar-refractivity contribution in [1.29, 1.82) is 0 Å². The molecule has 1 saturated heterocycles. The number of anilines is 1. The molecule has 1 aromatic heterocycles. The van der Waals surface area contributed by atoms with Gasteiger partial charge < -0.3 is 21.1 Å². The summed E-state index contributed by atoms with van der Waals surface area (Å²) >= 11 is 6.26. The van der Waals surface area contributed by atoms with Gasteiger partial charge in [0.05, 0.1) is 11.6 Å². The summed E-state index contributed by atoms with van der Waals surface area (Å²) in [5, 5.41) is 9.13. The van der Waals surface area contributed by atoms with Crippen LogP contribution in [0.1, 0.15) is 45.2 Å². The predicted molar refractivity (Wildman–Crippen MR) is 96.5 cm³/mol. The Morgan fingerprint density at radius 1 is 1.61 bits per heavy atom. The number of esters is 1. The second kappa shape index (κ2) is 7.92. The molecule has 4 N–H and O–H groups in total. The number of unbranched alkanes of at least 4 members (excludes halogenated alkanes) is 1. The van der Waals surface area contributed by atoms with Crippen LogP contribution in [0.2, 0.25) is 0 Å². The van der Waals surface area contributed by atoms with Crippen molar-refractivity contribution in [3.8, 4) is 0 Å². The molecule has 128 valence electrons. The fourth-order valence-electron chi connectivity index (χ4n) is 2.68. The number of hydrogen-bond acceptors (Lipinski definition) is 6. The molecule has 0 aliphatic carbocycles. The van der Waals surface area contributed by atoms with Gasteiger partial charge in [-0.25, -0.2) is 4.98 Å². The van der Waals surface area contributed by atoms with Crippen LogP contribution < -0.4 is 16.4 Å². The molecule has 0 aromatic carbocycles. The molecule has 0 radical (unpaired) electrons. The molecule has 0 bridgehead atoms. The number of nitrogens with one attached hydrogen (secondary N) is 2. The predicted octanol–water partition coefficient (Wildman–Crippen LogP) is 2.36. The first-order valence-electron chi connectivity index (χ1n) is 7.90. The van der Waals surface area contributed by atoms with Gasteiger partial charge >= 0.3 is 5.97 Å². The van der Waals surface area contributed by atoms with Crippen molar-refractivity contribution in [2.75, 3.05) is 18.4 Å². The van der Waals surface area contributed by atoms with E-state index in [0.717, 1.165) is 30.1 Å². The highest BCUT2D eigenvalue weighted by Crippen LogP contribution is 2.42. The third-order valence-electron chi connectivity index (χ3n) is 3.95. The van der Waals surface area contributed by atoms with Crippen LogP contribution in [0.4, 0.5) is 5.13 Å². The van der Waals surface area contributed by atoms with E-state index in [1.165, 1.54) is 11.3 Å². The maximum atomic E-state index is 12.1. The summed E-state index contributed by atoms with van der Waals surface area (Å²) in [5.74, 6) is -0.100. The van der Waals surface area contributed by atoms with Gasteiger partial charge in [-0.05, 0) is 25.6 Å². The lowest BCUT2D eigenvalue weighted by Gasteiger charge is -2.19. The van der Waals surface area contributed by atoms with Crippen LogP contribution in [-0.4, -0.2) is 29.2 Å². The topological polar surface area (TPSA) is 89.3 Å². The zero-order valence-corrected chi connectivity index (χ0v) is 15.2. The fraction of sp³-hybridized carbons (Fsp3) is 0.667. The zero-order chi connectivity index (χ0) is 16.9. The highest BCUT2D eigenvalue weighted by atomic mass is 32.1. The van der Waals surface area contributed by atoms with Crippen LogP contribution in [0.3, 0.4) is 0 Å². The number of cyclic esters (lactones) is 1. The van der Waals surface area contributed by atoms with Crippen molar-refractivity contribution >= 4 is 39.8 Å². The van der Waals surface area contributed by atoms with Crippen LogP contribution in [0, 0.1) is 5.92 Å². The first-order chi connectivity index (χ1) is 10.9. The van der Waals surface area contributed by atoms with E-state index in [2.05, 4.69) is 22.5 Å². The van der Waals surface area contributed by atoms with E-state index in [0.29, 0.717) is 19.5 Å². The van der Waals surface area contributed by atoms with Crippen LogP contribution in [0.5, 0.6) is 0 Å². The minimum atomic E-state index is -0.608. The van der Waals surface area contributed by atoms with Crippen molar-refractivity contribution in [1.82, 2.24) is 10.3 Å². The van der Waals surface area contributed by atoms with Gasteiger partial charge in [-0.3, -0.25) is 4.79 Å². The minimum absolute atomic E-state index is 0.00664. The standard InChI is InChI=1S/C15H24N4O2S2/c1-3-4-5-10-8-15(2,21-12(10)20)11-9-23-14(19-11)18-7-6-17-13(16)22/h9-10H,3-8H2,1-2H3,(H,18,19)(H3,16,17,22)/t10-,15-/m0/s1. The second-order valence-electron chi connectivity index (χ2n) is 5.95. The SMILES string of the molecule is CCCC[C@H]1C[C@@](C)(c2csc(NCCNC(N)=S)n2)OC1=O. The molecule has 1 aromatic rings. The van der Waals surface area contributed by atoms with Gasteiger partial charge in [-0.1, -0.05) is 19.8 Å². The first kappa shape index (κ1) is 17.9. The molecule has 8 heteroatoms. The van der Waals surface area contributed by atoms with Gasteiger partial charge in [-0.15, -0.1) is 11.3 Å². The monoisotopic (exact) mass is 356 g/mol. The molecule has 6 nitrogen and oxygen atoms in total. The number of carbonyl (C=O) groups is 1. The van der Waals surface area contributed by atoms with Crippen molar-refractivity contribution in [2.45, 2.75) is 45.1 Å². The molecular formula is C15H24N4O2S2. The van der Waals surface area contributed by atoms with Gasteiger partial charge in [0.25, 0.3) is 0 Å². The Kier molecular flexibility index (Phi) is 6.17. The van der Waals surface area contributed by atoms with Gasteiger partial charge in [-0.2, -0.15) is 0 Å². The van der Waals surface area contributed by atoms with Crippen molar-refractivity contribution < 1.29 is 9.53 Å². The molecule has 0 spiro atoms. The Balaban J connectivity index is 1.91. The molecule has 23 heavy (non-hydrogen) atoms. The Hall–Kier alpha value is -1.41. The van der Waals surface area contributed by atoms with Gasteiger partial charge in [0.15, 0.2) is 15.8 Å². The Morgan fingerprint density at radius 3 is 3.09 bits per heavy atom. The van der Waals surface area contributed by atoms with Gasteiger partial charge in [0.1, 0.15) is 0 Å². The van der Waals surface area contributed by atoms with Crippen molar-refractivity contribution in [3.05, 3.63) is 11.1 Å². The number of thiazole rings is 1. The molecular weight excluding hydrogens is 332 g/mol. The number of hydrogen-bond donors (Lipinski definition) is 3. The number of aromatic nitrogens is 1. The summed E-state index contributed by atoms with van der Waals surface area (Å²) in [4.78, 5) is 16.6. The van der Waals surface area contributed by atoms with Crippen molar-refractivity contribution in [2.24, 2.45) is 11.7 Å². The highest BCUT2D eigenvalue weighted by Gasteiger charge is 2.45. The summed E-state index contributed by atoms with van der Waals surface area (Å²) in [7, 11) is 0. The number of nitrogens with two attached hydrogens (primary N) is 1. The number of rotatable bonds is 8. The average molecular weight is 357 g/mol. The molecule has 1 fully saturated rings. The maximum Gasteiger partial charge on any atom is 0.310 e. The number of carbonyl (C=O) groups excluding carboxylic acids is 1. The van der Waals surface area contributed by atoms with Gasteiger partial charge in [0.2, 0.25) is 0 Å². The van der Waals surface area contributed by atoms with E-state index in [1.54, 1.807) is 0 Å². The van der Waals surface area contributed by atoms with E-state index >= 15 is 0 Å². The first-order valence-corrected chi connectivity index (χ1v) is 9.19. The third kappa shape index (κ3) is 4.78. The van der Waals surface area contributed by atoms with E-state index in [4.69, 9.17) is 22.7 Å². The van der Waals surface area contributed by atoms with E-state index in [9.17, 15) is 4.79 Å². The van der Waals surface area contributed by atoms with Crippen LogP contribution in [-0.2, 0) is 15.1 Å². The lowest BCUT2D eigenvalue weighted by Crippen LogP contribution is -2.32. The zero-order valence-electron chi connectivity index (χ0n) is 13.6. The number of ether oxygens (including phenoxy) is 1. The van der Waals surface area contributed by atoms with E-state index in [1.807, 2.05) is 12.3 Å². The molecule has 0 unspecified atom stereocenters. The molecule has 1 aliphatic heterocycles. The molecule has 0 amide bonds. The van der Waals surface area contributed by atoms with E-state index < -0.39 is 5.60 Å². The third-order valence-corrected chi connectivity index (χ3v) is 4.89. The van der Waals surface area contributed by atoms with Gasteiger partial charge in [0, 0.05) is 24.9 Å².